The Morgan fingerprint density at radius 2 is 2.00 bits per heavy atom. The predicted molar refractivity (Wildman–Crippen MR) is 96.4 cm³/mol. The minimum absolute atomic E-state index is 0.00775. The summed E-state index contributed by atoms with van der Waals surface area (Å²) in [5.74, 6) is -1.30. The molecule has 1 aliphatic rings. The van der Waals surface area contributed by atoms with Crippen LogP contribution >= 0.6 is 0 Å². The van der Waals surface area contributed by atoms with Crippen molar-refractivity contribution in [1.82, 2.24) is 10.2 Å². The van der Waals surface area contributed by atoms with Crippen molar-refractivity contribution < 1.29 is 24.2 Å². The lowest BCUT2D eigenvalue weighted by Gasteiger charge is -2.42. The maximum Gasteiger partial charge on any atom is 0.338 e. The molecule has 0 atom stereocenters. The minimum atomic E-state index is -0.846. The normalized spacial score (nSPS) is 18.8. The average Bonchev–Trinajstić information content (AvgIpc) is 2.56. The zero-order valence-corrected chi connectivity index (χ0v) is 15.2. The number of carbonyl (C=O) groups is 3. The molecule has 0 bridgehead atoms. The van der Waals surface area contributed by atoms with Gasteiger partial charge in [-0.1, -0.05) is 13.0 Å². The number of rotatable bonds is 7. The number of aryl methyl sites for hydroxylation is 1. The fourth-order valence-electron chi connectivity index (χ4n) is 3.06. The summed E-state index contributed by atoms with van der Waals surface area (Å²) in [5, 5.41) is 14.5. The molecule has 1 fully saturated rings. The summed E-state index contributed by atoms with van der Waals surface area (Å²) in [6, 6.07) is 4.87. The summed E-state index contributed by atoms with van der Waals surface area (Å²) in [6.45, 7) is 4.39. The van der Waals surface area contributed by atoms with Crippen molar-refractivity contribution in [1.29, 1.82) is 0 Å². The van der Waals surface area contributed by atoms with Crippen LogP contribution in [0.2, 0.25) is 0 Å². The van der Waals surface area contributed by atoms with Gasteiger partial charge in [-0.15, -0.1) is 0 Å². The van der Waals surface area contributed by atoms with Gasteiger partial charge in [0.15, 0.2) is 0 Å². The highest BCUT2D eigenvalue weighted by atomic mass is 16.5. The second-order valence-corrected chi connectivity index (χ2v) is 6.40. The molecule has 1 saturated carbocycles. The van der Waals surface area contributed by atoms with Crippen molar-refractivity contribution in [3.8, 4) is 0 Å². The highest BCUT2D eigenvalue weighted by Crippen LogP contribution is 2.25. The van der Waals surface area contributed by atoms with E-state index in [1.54, 1.807) is 25.1 Å². The van der Waals surface area contributed by atoms with Gasteiger partial charge in [-0.05, 0) is 44.0 Å². The summed E-state index contributed by atoms with van der Waals surface area (Å²) in [4.78, 5) is 36.6. The first-order chi connectivity index (χ1) is 12.3. The van der Waals surface area contributed by atoms with Gasteiger partial charge in [0.1, 0.15) is 0 Å². The summed E-state index contributed by atoms with van der Waals surface area (Å²) in [5.41, 5.74) is 1.68. The third-order valence-electron chi connectivity index (χ3n) is 4.61. The molecule has 1 aromatic rings. The monoisotopic (exact) mass is 363 g/mol. The van der Waals surface area contributed by atoms with Gasteiger partial charge < -0.3 is 20.5 Å². The molecule has 142 valence electrons. The number of esters is 1. The highest BCUT2D eigenvalue weighted by Gasteiger charge is 2.34. The number of carboxylic acid groups (broad SMARTS) is 1. The summed E-state index contributed by atoms with van der Waals surface area (Å²) < 4.78 is 4.73. The molecule has 2 amide bonds. The molecule has 0 aliphatic heterocycles. The first kappa shape index (κ1) is 19.7. The van der Waals surface area contributed by atoms with Crippen molar-refractivity contribution >= 4 is 23.7 Å². The number of benzene rings is 1. The molecule has 0 spiro atoms. The van der Waals surface area contributed by atoms with Gasteiger partial charge in [0, 0.05) is 17.8 Å². The van der Waals surface area contributed by atoms with Gasteiger partial charge in [0.05, 0.1) is 19.2 Å². The number of hydrogen-bond donors (Lipinski definition) is 3. The van der Waals surface area contributed by atoms with Crippen LogP contribution < -0.4 is 10.6 Å². The van der Waals surface area contributed by atoms with Crippen LogP contribution in [0.1, 0.15) is 35.7 Å². The molecule has 2 rings (SSSR count). The Hall–Kier alpha value is -2.61. The number of aliphatic carboxylic acids is 1. The number of nitrogens with zero attached hydrogens (tertiary/aromatic N) is 1. The number of carboxylic acids is 1. The first-order valence-corrected chi connectivity index (χ1v) is 8.56. The lowest BCUT2D eigenvalue weighted by molar-refractivity contribution is -0.139. The van der Waals surface area contributed by atoms with E-state index in [4.69, 9.17) is 9.84 Å². The Morgan fingerprint density at radius 1 is 1.31 bits per heavy atom. The third kappa shape index (κ3) is 4.95. The molecule has 3 N–H and O–H groups in total. The highest BCUT2D eigenvalue weighted by molar-refractivity contribution is 5.95. The van der Waals surface area contributed by atoms with E-state index in [1.807, 2.05) is 11.8 Å². The minimum Gasteiger partial charge on any atom is -0.480 e. The summed E-state index contributed by atoms with van der Waals surface area (Å²) in [7, 11) is 1.31. The number of methoxy groups -OCH3 is 1. The molecular weight excluding hydrogens is 338 g/mol. The SMILES string of the molecule is CCN(CC(=O)O)C1CC(NC(=O)Nc2ccc(C)c(C(=O)OC)c2)C1. The van der Waals surface area contributed by atoms with Crippen molar-refractivity contribution in [2.45, 2.75) is 38.8 Å². The lowest BCUT2D eigenvalue weighted by atomic mass is 9.85. The van der Waals surface area contributed by atoms with Crippen LogP contribution in [0.4, 0.5) is 10.5 Å². The van der Waals surface area contributed by atoms with E-state index < -0.39 is 11.9 Å². The van der Waals surface area contributed by atoms with Crippen LogP contribution in [-0.4, -0.2) is 60.3 Å². The predicted octanol–water partition coefficient (Wildman–Crippen LogP) is 1.84. The molecule has 0 saturated heterocycles. The number of carbonyl (C=O) groups excluding carboxylic acids is 2. The van der Waals surface area contributed by atoms with Gasteiger partial charge in [-0.3, -0.25) is 9.69 Å². The van der Waals surface area contributed by atoms with Crippen LogP contribution in [0.15, 0.2) is 18.2 Å². The Bertz CT molecular complexity index is 685. The maximum absolute atomic E-state index is 12.1. The zero-order valence-electron chi connectivity index (χ0n) is 15.2. The number of likely N-dealkylation sites (N-methyl/N-ethyl adjacent to an activating group) is 1. The number of ether oxygens (including phenoxy) is 1. The number of urea groups is 1. The van der Waals surface area contributed by atoms with Crippen LogP contribution in [0.3, 0.4) is 0 Å². The molecule has 1 aromatic carbocycles. The Morgan fingerprint density at radius 3 is 2.58 bits per heavy atom. The number of nitrogens with one attached hydrogen (secondary N) is 2. The molecule has 1 aliphatic carbocycles. The van der Waals surface area contributed by atoms with E-state index in [1.165, 1.54) is 7.11 Å². The number of anilines is 1. The fraction of sp³-hybridized carbons (Fsp3) is 0.500. The average molecular weight is 363 g/mol. The van der Waals surface area contributed by atoms with Gasteiger partial charge in [-0.25, -0.2) is 9.59 Å². The molecular formula is C18H25N3O5. The van der Waals surface area contributed by atoms with E-state index >= 15 is 0 Å². The topological polar surface area (TPSA) is 108 Å². The van der Waals surface area contributed by atoms with Crippen LogP contribution in [-0.2, 0) is 9.53 Å². The van der Waals surface area contributed by atoms with Gasteiger partial charge in [0.2, 0.25) is 0 Å². The molecule has 0 radical (unpaired) electrons. The smallest absolute Gasteiger partial charge is 0.338 e. The van der Waals surface area contributed by atoms with Gasteiger partial charge in [-0.2, -0.15) is 0 Å². The molecule has 0 heterocycles. The molecule has 8 heteroatoms. The second kappa shape index (κ2) is 8.66. The van der Waals surface area contributed by atoms with E-state index in [9.17, 15) is 14.4 Å². The van der Waals surface area contributed by atoms with Crippen molar-refractivity contribution in [2.24, 2.45) is 0 Å². The van der Waals surface area contributed by atoms with Crippen LogP contribution in [0.5, 0.6) is 0 Å². The van der Waals surface area contributed by atoms with E-state index in [0.29, 0.717) is 17.8 Å². The fourth-order valence-corrected chi connectivity index (χ4v) is 3.06. The summed E-state index contributed by atoms with van der Waals surface area (Å²) in [6.07, 6.45) is 1.44. The summed E-state index contributed by atoms with van der Waals surface area (Å²) >= 11 is 0. The van der Waals surface area contributed by atoms with E-state index in [2.05, 4.69) is 10.6 Å². The third-order valence-corrected chi connectivity index (χ3v) is 4.61. The lowest BCUT2D eigenvalue weighted by Crippen LogP contribution is -2.55. The number of amides is 2. The van der Waals surface area contributed by atoms with Crippen LogP contribution in [0, 0.1) is 6.92 Å². The van der Waals surface area contributed by atoms with E-state index in [0.717, 1.165) is 18.4 Å². The zero-order chi connectivity index (χ0) is 19.3. The molecule has 8 nitrogen and oxygen atoms in total. The molecule has 0 unspecified atom stereocenters. The Kier molecular flexibility index (Phi) is 6.57. The maximum atomic E-state index is 12.1. The van der Waals surface area contributed by atoms with Gasteiger partial charge >= 0.3 is 18.0 Å². The molecule has 0 aromatic heterocycles. The largest absolute Gasteiger partial charge is 0.480 e. The Balaban J connectivity index is 1.85. The van der Waals surface area contributed by atoms with Crippen molar-refractivity contribution in [3.63, 3.8) is 0 Å². The van der Waals surface area contributed by atoms with Crippen LogP contribution in [0.25, 0.3) is 0 Å². The Labute approximate surface area is 152 Å². The van der Waals surface area contributed by atoms with Crippen molar-refractivity contribution in [3.05, 3.63) is 29.3 Å². The second-order valence-electron chi connectivity index (χ2n) is 6.40. The quantitative estimate of drug-likeness (QED) is 0.638. The van der Waals surface area contributed by atoms with Gasteiger partial charge in [0.25, 0.3) is 0 Å². The standard InChI is InChI=1S/C18H25N3O5/c1-4-21(10-16(22)23)14-7-13(8-14)20-18(25)19-12-6-5-11(2)15(9-12)17(24)26-3/h5-6,9,13-14H,4,7-8,10H2,1-3H3,(H,22,23)(H2,19,20,25). The first-order valence-electron chi connectivity index (χ1n) is 8.56. The van der Waals surface area contributed by atoms with Crippen molar-refractivity contribution in [2.75, 3.05) is 25.5 Å². The molecule has 26 heavy (non-hydrogen) atoms. The van der Waals surface area contributed by atoms with E-state index in [-0.39, 0.29) is 24.7 Å². The number of hydrogen-bond acceptors (Lipinski definition) is 5.